The summed E-state index contributed by atoms with van der Waals surface area (Å²) >= 11 is -0.257. The van der Waals surface area contributed by atoms with Crippen molar-refractivity contribution < 1.29 is 26.4 Å². The van der Waals surface area contributed by atoms with Gasteiger partial charge >= 0.3 is 5.51 Å². The Hall–Kier alpha value is -2.04. The molecule has 2 aromatic carbocycles. The van der Waals surface area contributed by atoms with Gasteiger partial charge in [-0.25, -0.2) is 13.6 Å². The predicted molar refractivity (Wildman–Crippen MR) is 96.7 cm³/mol. The first-order valence-electron chi connectivity index (χ1n) is 7.64. The molecule has 27 heavy (non-hydrogen) atoms. The molecule has 0 bridgehead atoms. The highest BCUT2D eigenvalue weighted by Crippen LogP contribution is 2.36. The zero-order valence-electron chi connectivity index (χ0n) is 14.4. The largest absolute Gasteiger partial charge is 0.446 e. The maximum absolute atomic E-state index is 12.6. The van der Waals surface area contributed by atoms with E-state index in [4.69, 9.17) is 5.14 Å². The van der Waals surface area contributed by atoms with Gasteiger partial charge < -0.3 is 4.90 Å². The molecule has 0 fully saturated rings. The van der Waals surface area contributed by atoms with Crippen molar-refractivity contribution in [1.82, 2.24) is 4.90 Å². The second-order valence-electron chi connectivity index (χ2n) is 5.78. The van der Waals surface area contributed by atoms with Gasteiger partial charge in [0.15, 0.2) is 0 Å². The summed E-state index contributed by atoms with van der Waals surface area (Å²) in [6.07, 6.45) is 0. The van der Waals surface area contributed by atoms with Gasteiger partial charge in [-0.2, -0.15) is 13.2 Å². The van der Waals surface area contributed by atoms with E-state index in [0.29, 0.717) is 5.56 Å². The molecular weight excluding hydrogens is 401 g/mol. The van der Waals surface area contributed by atoms with Crippen molar-refractivity contribution >= 4 is 27.7 Å². The molecule has 0 heterocycles. The number of hydrogen-bond donors (Lipinski definition) is 1. The lowest BCUT2D eigenvalue weighted by molar-refractivity contribution is -0.0328. The second kappa shape index (κ2) is 7.91. The summed E-state index contributed by atoms with van der Waals surface area (Å²) in [5.41, 5.74) is -3.62. The lowest BCUT2D eigenvalue weighted by atomic mass is 10.1. The maximum atomic E-state index is 12.6. The van der Waals surface area contributed by atoms with E-state index in [1.54, 1.807) is 13.0 Å². The average molecular weight is 418 g/mol. The molecule has 1 amide bonds. The number of benzene rings is 2. The minimum Gasteiger partial charge on any atom is -0.335 e. The predicted octanol–water partition coefficient (Wildman–Crippen LogP) is 3.78. The van der Waals surface area contributed by atoms with Gasteiger partial charge in [-0.05, 0) is 60.6 Å². The van der Waals surface area contributed by atoms with Crippen LogP contribution in [-0.2, 0) is 10.0 Å². The molecular formula is C17H17F3N2O3S2. The standard InChI is InChI=1S/C17H17F3N2O3S2/c1-11(13-4-3-5-15(10-13)27(21,24)25)22(2)16(23)12-6-8-14(9-7-12)26-17(18,19)20/h3-11H,1-2H3,(H2,21,24,25). The molecule has 0 saturated heterocycles. The third kappa shape index (κ3) is 5.72. The van der Waals surface area contributed by atoms with E-state index in [-0.39, 0.29) is 27.1 Å². The first-order chi connectivity index (χ1) is 12.4. The van der Waals surface area contributed by atoms with Crippen LogP contribution in [-0.4, -0.2) is 31.8 Å². The van der Waals surface area contributed by atoms with Crippen LogP contribution in [0.1, 0.15) is 28.9 Å². The number of alkyl halides is 3. The number of carbonyl (C=O) groups is 1. The summed E-state index contributed by atoms with van der Waals surface area (Å²) in [4.78, 5) is 13.9. The van der Waals surface area contributed by atoms with Gasteiger partial charge in [-0.15, -0.1) is 0 Å². The summed E-state index contributed by atoms with van der Waals surface area (Å²) < 4.78 is 60.1. The smallest absolute Gasteiger partial charge is 0.335 e. The van der Waals surface area contributed by atoms with Gasteiger partial charge in [0, 0.05) is 17.5 Å². The second-order valence-corrected chi connectivity index (χ2v) is 8.48. The summed E-state index contributed by atoms with van der Waals surface area (Å²) in [5, 5.41) is 5.12. The highest BCUT2D eigenvalue weighted by molar-refractivity contribution is 8.00. The van der Waals surface area contributed by atoms with Gasteiger partial charge in [0.2, 0.25) is 10.0 Å². The Morgan fingerprint density at radius 1 is 1.15 bits per heavy atom. The fourth-order valence-corrected chi connectivity index (χ4v) is 3.46. The van der Waals surface area contributed by atoms with Crippen LogP contribution in [0, 0.1) is 0 Å². The normalized spacial score (nSPS) is 13.3. The Bertz CT molecular complexity index is 929. The van der Waals surface area contributed by atoms with Crippen molar-refractivity contribution in [2.45, 2.75) is 28.3 Å². The molecule has 0 saturated carbocycles. The van der Waals surface area contributed by atoms with Gasteiger partial charge in [0.05, 0.1) is 10.9 Å². The van der Waals surface area contributed by atoms with Crippen LogP contribution >= 0.6 is 11.8 Å². The topological polar surface area (TPSA) is 80.5 Å². The molecule has 2 aromatic rings. The monoisotopic (exact) mass is 418 g/mol. The zero-order chi connectivity index (χ0) is 20.4. The van der Waals surface area contributed by atoms with Gasteiger partial charge in [0.25, 0.3) is 5.91 Å². The molecule has 2 rings (SSSR count). The molecule has 2 N–H and O–H groups in total. The number of rotatable bonds is 5. The van der Waals surface area contributed by atoms with Crippen molar-refractivity contribution in [3.05, 3.63) is 59.7 Å². The molecule has 0 spiro atoms. The Balaban J connectivity index is 2.19. The van der Waals surface area contributed by atoms with Gasteiger partial charge in [-0.3, -0.25) is 4.79 Å². The number of sulfonamides is 1. The van der Waals surface area contributed by atoms with E-state index < -0.39 is 27.5 Å². The molecule has 5 nitrogen and oxygen atoms in total. The number of halogens is 3. The van der Waals surface area contributed by atoms with Crippen LogP contribution in [0.3, 0.4) is 0 Å². The third-order valence-corrected chi connectivity index (χ3v) is 5.56. The first kappa shape index (κ1) is 21.3. The van der Waals surface area contributed by atoms with Crippen LogP contribution in [0.2, 0.25) is 0 Å². The molecule has 0 aromatic heterocycles. The van der Waals surface area contributed by atoms with Crippen molar-refractivity contribution in [3.63, 3.8) is 0 Å². The lowest BCUT2D eigenvalue weighted by Crippen LogP contribution is -2.29. The Morgan fingerprint density at radius 2 is 1.74 bits per heavy atom. The Labute approximate surface area is 159 Å². The van der Waals surface area contributed by atoms with E-state index in [0.717, 1.165) is 0 Å². The number of nitrogens with zero attached hydrogens (tertiary/aromatic N) is 1. The van der Waals surface area contributed by atoms with Crippen LogP contribution in [0.5, 0.6) is 0 Å². The summed E-state index contributed by atoms with van der Waals surface area (Å²) in [6, 6.07) is 10.5. The zero-order valence-corrected chi connectivity index (χ0v) is 16.0. The first-order valence-corrected chi connectivity index (χ1v) is 10.0. The Kier molecular flexibility index (Phi) is 6.23. The minimum atomic E-state index is -4.40. The number of carbonyl (C=O) groups excluding carboxylic acids is 1. The highest BCUT2D eigenvalue weighted by atomic mass is 32.2. The molecule has 0 aliphatic heterocycles. The van der Waals surface area contributed by atoms with Gasteiger partial charge in [-0.1, -0.05) is 12.1 Å². The SMILES string of the molecule is CC(c1cccc(S(N)(=O)=O)c1)N(C)C(=O)c1ccc(SC(F)(F)F)cc1. The molecule has 1 atom stereocenters. The molecule has 1 unspecified atom stereocenters. The van der Waals surface area contributed by atoms with Crippen LogP contribution in [0.25, 0.3) is 0 Å². The van der Waals surface area contributed by atoms with Crippen molar-refractivity contribution in [2.24, 2.45) is 5.14 Å². The van der Waals surface area contributed by atoms with Crippen molar-refractivity contribution in [3.8, 4) is 0 Å². The summed E-state index contributed by atoms with van der Waals surface area (Å²) in [6.45, 7) is 1.70. The van der Waals surface area contributed by atoms with Crippen molar-refractivity contribution in [2.75, 3.05) is 7.05 Å². The van der Waals surface area contributed by atoms with E-state index in [2.05, 4.69) is 0 Å². The quantitative estimate of drug-likeness (QED) is 0.750. The highest BCUT2D eigenvalue weighted by Gasteiger charge is 2.29. The molecule has 0 aliphatic carbocycles. The summed E-state index contributed by atoms with van der Waals surface area (Å²) in [7, 11) is -2.35. The minimum absolute atomic E-state index is 0.0180. The van der Waals surface area contributed by atoms with Crippen molar-refractivity contribution in [1.29, 1.82) is 0 Å². The molecule has 0 aliphatic rings. The average Bonchev–Trinajstić information content (AvgIpc) is 2.58. The van der Waals surface area contributed by atoms with E-state index >= 15 is 0 Å². The van der Waals surface area contributed by atoms with E-state index in [1.807, 2.05) is 0 Å². The van der Waals surface area contributed by atoms with E-state index in [1.165, 1.54) is 54.4 Å². The molecule has 10 heteroatoms. The third-order valence-electron chi connectivity index (χ3n) is 3.91. The number of thioether (sulfide) groups is 1. The number of primary sulfonamides is 1. The summed E-state index contributed by atoms with van der Waals surface area (Å²) in [5.74, 6) is -0.410. The molecule has 0 radical (unpaired) electrons. The van der Waals surface area contributed by atoms with Crippen LogP contribution < -0.4 is 5.14 Å². The fourth-order valence-electron chi connectivity index (χ4n) is 2.35. The Morgan fingerprint density at radius 3 is 2.26 bits per heavy atom. The number of nitrogens with two attached hydrogens (primary N) is 1. The number of hydrogen-bond acceptors (Lipinski definition) is 4. The van der Waals surface area contributed by atoms with Gasteiger partial charge in [0.1, 0.15) is 0 Å². The van der Waals surface area contributed by atoms with Crippen LogP contribution in [0.4, 0.5) is 13.2 Å². The van der Waals surface area contributed by atoms with Crippen LogP contribution in [0.15, 0.2) is 58.3 Å². The van der Waals surface area contributed by atoms with E-state index in [9.17, 15) is 26.4 Å². The molecule has 146 valence electrons. The fraction of sp³-hybridized carbons (Fsp3) is 0.235. The lowest BCUT2D eigenvalue weighted by Gasteiger charge is -2.26. The number of amides is 1. The maximum Gasteiger partial charge on any atom is 0.446 e.